The van der Waals surface area contributed by atoms with E-state index in [1.54, 1.807) is 0 Å². The molecule has 0 amide bonds. The van der Waals surface area contributed by atoms with Crippen LogP contribution in [0.5, 0.6) is 0 Å². The number of unbranched alkanes of at least 4 members (excludes halogenated alkanes) is 18. The number of carbonyl (C=O) groups is 2. The van der Waals surface area contributed by atoms with Gasteiger partial charge in [-0.2, -0.15) is 0 Å². The van der Waals surface area contributed by atoms with E-state index in [1.807, 2.05) is 21.1 Å². The second-order valence-electron chi connectivity index (χ2n) is 16.7. The van der Waals surface area contributed by atoms with Gasteiger partial charge in [0.1, 0.15) is 19.8 Å². The van der Waals surface area contributed by atoms with Crippen LogP contribution in [0.3, 0.4) is 0 Å². The molecule has 0 aromatic heterocycles. The highest BCUT2D eigenvalue weighted by Gasteiger charge is 2.21. The van der Waals surface area contributed by atoms with Crippen molar-refractivity contribution in [2.24, 2.45) is 0 Å². The van der Waals surface area contributed by atoms with Gasteiger partial charge in [-0.05, 0) is 77.0 Å². The van der Waals surface area contributed by atoms with Crippen LogP contribution in [0.25, 0.3) is 0 Å². The Labute approximate surface area is 362 Å². The van der Waals surface area contributed by atoms with Gasteiger partial charge in [0.05, 0.1) is 27.7 Å². The number of hydrogen-bond donors (Lipinski definition) is 0. The van der Waals surface area contributed by atoms with E-state index in [2.05, 4.69) is 74.6 Å². The van der Waals surface area contributed by atoms with Crippen molar-refractivity contribution in [3.05, 3.63) is 60.8 Å². The van der Waals surface area contributed by atoms with E-state index in [9.17, 15) is 19.0 Å². The molecule has 0 aromatic rings. The summed E-state index contributed by atoms with van der Waals surface area (Å²) in [6.45, 7) is 4.08. The van der Waals surface area contributed by atoms with E-state index >= 15 is 0 Å². The fourth-order valence-corrected chi connectivity index (χ4v) is 6.84. The van der Waals surface area contributed by atoms with Gasteiger partial charge in [-0.3, -0.25) is 14.2 Å². The van der Waals surface area contributed by atoms with Gasteiger partial charge in [-0.15, -0.1) is 0 Å². The molecule has 2 unspecified atom stereocenters. The summed E-state index contributed by atoms with van der Waals surface area (Å²) in [5.41, 5.74) is 0. The summed E-state index contributed by atoms with van der Waals surface area (Å²) in [5, 5.41) is 0. The Morgan fingerprint density at radius 1 is 0.542 bits per heavy atom. The minimum Gasteiger partial charge on any atom is -0.756 e. The molecule has 9 nitrogen and oxygen atoms in total. The summed E-state index contributed by atoms with van der Waals surface area (Å²) < 4.78 is 33.9. The number of rotatable bonds is 42. The van der Waals surface area contributed by atoms with E-state index in [0.29, 0.717) is 17.4 Å². The maximum absolute atomic E-state index is 12.7. The van der Waals surface area contributed by atoms with E-state index in [4.69, 9.17) is 18.5 Å². The first kappa shape index (κ1) is 56.7. The highest BCUT2D eigenvalue weighted by atomic mass is 31.2. The molecule has 0 saturated heterocycles. The quantitative estimate of drug-likeness (QED) is 0.0196. The average Bonchev–Trinajstić information content (AvgIpc) is 3.19. The van der Waals surface area contributed by atoms with Crippen LogP contribution in [0.4, 0.5) is 0 Å². The first-order valence-corrected chi connectivity index (χ1v) is 25.0. The molecule has 0 saturated carbocycles. The van der Waals surface area contributed by atoms with Gasteiger partial charge in [0.25, 0.3) is 7.82 Å². The van der Waals surface area contributed by atoms with Crippen LogP contribution in [0.15, 0.2) is 60.8 Å². The maximum atomic E-state index is 12.7. The van der Waals surface area contributed by atoms with Crippen LogP contribution >= 0.6 is 7.82 Å². The molecular formula is C49H88NO8P. The van der Waals surface area contributed by atoms with E-state index in [-0.39, 0.29) is 26.1 Å². The van der Waals surface area contributed by atoms with Crippen molar-refractivity contribution in [1.29, 1.82) is 0 Å². The van der Waals surface area contributed by atoms with Crippen LogP contribution < -0.4 is 4.89 Å². The minimum absolute atomic E-state index is 0.0361. The van der Waals surface area contributed by atoms with Crippen molar-refractivity contribution < 1.29 is 42.1 Å². The SMILES string of the molecule is CC/C=C\C/C=C\C/C=C\C/C=C\CCCCCCCCCCC(=O)OC(COC(=O)CCCCCCC/C=C\CCCCCCC)COP(=O)([O-])OCC[N+](C)(C)C. The molecule has 0 heterocycles. The number of allylic oxidation sites excluding steroid dienone is 10. The average molecular weight is 850 g/mol. The van der Waals surface area contributed by atoms with Gasteiger partial charge in [0.2, 0.25) is 0 Å². The van der Waals surface area contributed by atoms with Crippen molar-refractivity contribution in [2.45, 2.75) is 193 Å². The maximum Gasteiger partial charge on any atom is 0.306 e. The zero-order valence-electron chi connectivity index (χ0n) is 38.4. The summed E-state index contributed by atoms with van der Waals surface area (Å²) in [5.74, 6) is -0.855. The molecule has 0 aliphatic carbocycles. The number of quaternary nitrogens is 1. The number of hydrogen-bond acceptors (Lipinski definition) is 8. The first-order valence-electron chi connectivity index (χ1n) is 23.5. The molecular weight excluding hydrogens is 762 g/mol. The molecule has 0 bridgehead atoms. The summed E-state index contributed by atoms with van der Waals surface area (Å²) in [6.07, 6.45) is 49.6. The number of nitrogens with zero attached hydrogens (tertiary/aromatic N) is 1. The van der Waals surface area contributed by atoms with Gasteiger partial charge < -0.3 is 27.9 Å². The molecule has 10 heteroatoms. The summed E-state index contributed by atoms with van der Waals surface area (Å²) in [6, 6.07) is 0. The predicted octanol–water partition coefficient (Wildman–Crippen LogP) is 13.0. The summed E-state index contributed by atoms with van der Waals surface area (Å²) in [7, 11) is 1.15. The number of esters is 2. The molecule has 342 valence electrons. The van der Waals surface area contributed by atoms with Crippen LogP contribution in [-0.4, -0.2) is 70.0 Å². The fourth-order valence-electron chi connectivity index (χ4n) is 6.11. The number of phosphoric ester groups is 1. The van der Waals surface area contributed by atoms with Crippen molar-refractivity contribution in [3.8, 4) is 0 Å². The normalized spacial score (nSPS) is 14.1. The molecule has 0 N–H and O–H groups in total. The Bertz CT molecular complexity index is 1190. The van der Waals surface area contributed by atoms with Gasteiger partial charge in [-0.25, -0.2) is 0 Å². The Kier molecular flexibility index (Phi) is 39.5. The van der Waals surface area contributed by atoms with E-state index in [0.717, 1.165) is 89.9 Å². The molecule has 59 heavy (non-hydrogen) atoms. The lowest BCUT2D eigenvalue weighted by atomic mass is 10.1. The number of carbonyl (C=O) groups excluding carboxylic acids is 2. The molecule has 0 aliphatic rings. The van der Waals surface area contributed by atoms with Crippen molar-refractivity contribution in [1.82, 2.24) is 0 Å². The van der Waals surface area contributed by atoms with Crippen molar-refractivity contribution in [3.63, 3.8) is 0 Å². The Morgan fingerprint density at radius 3 is 1.46 bits per heavy atom. The number of phosphoric acid groups is 1. The molecule has 0 rings (SSSR count). The molecule has 0 aromatic carbocycles. The Hall–Kier alpha value is -2.29. The molecule has 0 spiro atoms. The third-order valence-electron chi connectivity index (χ3n) is 9.77. The predicted molar refractivity (Wildman–Crippen MR) is 245 cm³/mol. The van der Waals surface area contributed by atoms with E-state index in [1.165, 1.54) is 64.2 Å². The van der Waals surface area contributed by atoms with Crippen LogP contribution in [-0.2, 0) is 32.7 Å². The third kappa shape index (κ3) is 45.1. The standard InChI is InChI=1S/C49H88NO8P/c1-6-8-10-12-14-16-18-20-22-23-24-25-26-27-28-30-32-34-36-38-40-42-49(52)58-47(46-57-59(53,54)56-44-43-50(3,4)5)45-55-48(51)41-39-37-35-33-31-29-21-19-17-15-13-11-9-7-2/h8,10,14,16,19-22,24-25,47H,6-7,9,11-13,15,17-18,23,26-46H2,1-5H3/b10-8-,16-14-,21-19-,22-20-,25-24-. The van der Waals surface area contributed by atoms with Crippen molar-refractivity contribution >= 4 is 19.8 Å². The van der Waals surface area contributed by atoms with Crippen LogP contribution in [0, 0.1) is 0 Å². The largest absolute Gasteiger partial charge is 0.756 e. The lowest BCUT2D eigenvalue weighted by Gasteiger charge is -2.28. The smallest absolute Gasteiger partial charge is 0.306 e. The highest BCUT2D eigenvalue weighted by molar-refractivity contribution is 7.45. The van der Waals surface area contributed by atoms with Gasteiger partial charge in [0, 0.05) is 12.8 Å². The van der Waals surface area contributed by atoms with Crippen LogP contribution in [0.1, 0.15) is 187 Å². The Balaban J connectivity index is 4.33. The first-order chi connectivity index (χ1) is 28.5. The Morgan fingerprint density at radius 2 is 0.966 bits per heavy atom. The fraction of sp³-hybridized carbons (Fsp3) is 0.755. The molecule has 0 fully saturated rings. The third-order valence-corrected chi connectivity index (χ3v) is 10.7. The second-order valence-corrected chi connectivity index (χ2v) is 18.1. The number of ether oxygens (including phenoxy) is 2. The second kappa shape index (κ2) is 41.1. The topological polar surface area (TPSA) is 111 Å². The summed E-state index contributed by atoms with van der Waals surface area (Å²) in [4.78, 5) is 37.6. The van der Waals surface area contributed by atoms with Gasteiger partial charge in [0.15, 0.2) is 6.10 Å². The molecule has 0 aliphatic heterocycles. The monoisotopic (exact) mass is 850 g/mol. The van der Waals surface area contributed by atoms with E-state index < -0.39 is 32.5 Å². The number of likely N-dealkylation sites (N-methyl/N-ethyl adjacent to an activating group) is 1. The summed E-state index contributed by atoms with van der Waals surface area (Å²) >= 11 is 0. The lowest BCUT2D eigenvalue weighted by molar-refractivity contribution is -0.870. The minimum atomic E-state index is -4.63. The molecule has 0 radical (unpaired) electrons. The zero-order valence-corrected chi connectivity index (χ0v) is 39.3. The lowest BCUT2D eigenvalue weighted by Crippen LogP contribution is -2.37. The van der Waals surface area contributed by atoms with Gasteiger partial charge >= 0.3 is 11.9 Å². The zero-order chi connectivity index (χ0) is 43.6. The van der Waals surface area contributed by atoms with Crippen LogP contribution in [0.2, 0.25) is 0 Å². The van der Waals surface area contributed by atoms with Crippen molar-refractivity contribution in [2.75, 3.05) is 47.5 Å². The highest BCUT2D eigenvalue weighted by Crippen LogP contribution is 2.38. The molecule has 2 atom stereocenters. The van der Waals surface area contributed by atoms with Gasteiger partial charge in [-0.1, -0.05) is 158 Å².